The number of halogens is 2. The van der Waals surface area contributed by atoms with Crippen LogP contribution >= 0.6 is 23.2 Å². The Morgan fingerprint density at radius 3 is 1.37 bits per heavy atom. The zero-order valence-corrected chi connectivity index (χ0v) is 39.9. The van der Waals surface area contributed by atoms with Crippen molar-refractivity contribution in [3.05, 3.63) is 185 Å². The largest absolute Gasteiger partial charge is 0.361 e. The molecule has 0 radical (unpaired) electrons. The van der Waals surface area contributed by atoms with Gasteiger partial charge in [0.2, 0.25) is 0 Å². The standard InChI is InChI=1S/C20H18ClN3O2S.C20H19N3O2S.C10H7ClO3S/c21-19-3-1-2-13-10-16(5-6-17(13)19)27(25,26)24-15-4-7-20-18(11-15)14(8-9-22)12-23-20;21-10-9-16-13-22-20-8-6-17(12-19(16)20)23-26(24,25)18-7-5-14-3-1-2-4-15(14)11-18;11-10-3-1-2-7-6-8(15(12,13)14)4-5-9(7)10/h1-7,10-12,23-24H,8-9,22H2;1-8,11-13,22-23H,9-10,21H2;1-6H,(H,12,13,14). The van der Waals surface area contributed by atoms with Crippen LogP contribution in [0.2, 0.25) is 10.0 Å². The normalized spacial score (nSPS) is 11.9. The monoisotopic (exact) mass is 1010 g/mol. The van der Waals surface area contributed by atoms with E-state index in [-0.39, 0.29) is 14.7 Å². The van der Waals surface area contributed by atoms with E-state index in [4.69, 9.17) is 39.2 Å². The summed E-state index contributed by atoms with van der Waals surface area (Å²) in [6.45, 7) is 1.07. The first-order valence-corrected chi connectivity index (χ1v) is 26.2. The lowest BCUT2D eigenvalue weighted by atomic mass is 10.1. The number of fused-ring (bicyclic) bond motifs is 5. The minimum absolute atomic E-state index is 0.128. The van der Waals surface area contributed by atoms with Gasteiger partial charge in [-0.25, -0.2) is 16.8 Å². The van der Waals surface area contributed by atoms with E-state index in [1.165, 1.54) is 12.1 Å². The van der Waals surface area contributed by atoms with Crippen molar-refractivity contribution in [2.75, 3.05) is 22.5 Å². The molecule has 0 spiro atoms. The van der Waals surface area contributed by atoms with Crippen LogP contribution < -0.4 is 20.9 Å². The van der Waals surface area contributed by atoms with Crippen molar-refractivity contribution in [1.29, 1.82) is 0 Å². The Balaban J connectivity index is 0.000000144. The smallest absolute Gasteiger partial charge is 0.294 e. The number of benzene rings is 8. The molecule has 0 saturated heterocycles. The number of anilines is 2. The highest BCUT2D eigenvalue weighted by Crippen LogP contribution is 2.30. The van der Waals surface area contributed by atoms with Gasteiger partial charge in [-0.3, -0.25) is 14.0 Å². The van der Waals surface area contributed by atoms with E-state index >= 15 is 0 Å². The molecule has 0 atom stereocenters. The lowest BCUT2D eigenvalue weighted by Crippen LogP contribution is -2.12. The summed E-state index contributed by atoms with van der Waals surface area (Å²) < 4.78 is 87.2. The van der Waals surface area contributed by atoms with Crippen molar-refractivity contribution in [3.8, 4) is 0 Å². The summed E-state index contributed by atoms with van der Waals surface area (Å²) in [6, 6.07) is 43.5. The highest BCUT2D eigenvalue weighted by Gasteiger charge is 2.18. The Hall–Kier alpha value is -6.47. The van der Waals surface area contributed by atoms with Crippen LogP contribution in [0, 0.1) is 0 Å². The molecule has 0 bridgehead atoms. The number of rotatable bonds is 11. The Bertz CT molecular complexity index is 3840. The lowest BCUT2D eigenvalue weighted by molar-refractivity contribution is 0.483. The number of aromatic amines is 2. The van der Waals surface area contributed by atoms with Crippen LogP contribution in [-0.4, -0.2) is 52.9 Å². The first-order valence-electron chi connectivity index (χ1n) is 21.0. The highest BCUT2D eigenvalue weighted by molar-refractivity contribution is 7.93. The number of nitrogens with two attached hydrogens (primary N) is 2. The Labute approximate surface area is 402 Å². The van der Waals surface area contributed by atoms with Crippen LogP contribution in [0.5, 0.6) is 0 Å². The summed E-state index contributed by atoms with van der Waals surface area (Å²) in [5.41, 5.74) is 16.4. The number of aromatic nitrogens is 2. The summed E-state index contributed by atoms with van der Waals surface area (Å²) in [5.74, 6) is 0. The van der Waals surface area contributed by atoms with Crippen molar-refractivity contribution in [2.24, 2.45) is 11.5 Å². The van der Waals surface area contributed by atoms with Gasteiger partial charge in [0, 0.05) is 66.4 Å². The molecule has 18 heteroatoms. The maximum Gasteiger partial charge on any atom is 0.294 e. The molecular weight excluding hydrogens is 964 g/mol. The van der Waals surface area contributed by atoms with Gasteiger partial charge in [0.15, 0.2) is 0 Å². The van der Waals surface area contributed by atoms with Crippen molar-refractivity contribution in [3.63, 3.8) is 0 Å². The summed E-state index contributed by atoms with van der Waals surface area (Å²) in [6.07, 6.45) is 5.28. The van der Waals surface area contributed by atoms with Crippen molar-refractivity contribution in [2.45, 2.75) is 27.5 Å². The molecule has 10 aromatic rings. The predicted molar refractivity (Wildman–Crippen MR) is 275 cm³/mol. The molecule has 0 unspecified atom stereocenters. The lowest BCUT2D eigenvalue weighted by Gasteiger charge is -2.10. The minimum atomic E-state index is -4.15. The average Bonchev–Trinajstić information content (AvgIpc) is 3.91. The zero-order valence-electron chi connectivity index (χ0n) is 35.9. The summed E-state index contributed by atoms with van der Waals surface area (Å²) in [7, 11) is -11.5. The molecule has 68 heavy (non-hydrogen) atoms. The maximum absolute atomic E-state index is 12.8. The Morgan fingerprint density at radius 2 is 0.882 bits per heavy atom. The van der Waals surface area contributed by atoms with Gasteiger partial charge in [0.1, 0.15) is 0 Å². The third-order valence-electron chi connectivity index (χ3n) is 11.1. The number of hydrogen-bond donors (Lipinski definition) is 7. The number of sulfonamides is 2. The second-order valence-corrected chi connectivity index (χ2v) is 21.3. The SMILES string of the molecule is NCCc1c[nH]c2ccc(NS(=O)(=O)c3ccc4c(Cl)cccc4c3)cc12.NCCc1c[nH]c2ccc(NS(=O)(=O)c3ccc4ccccc4c3)cc12.O=S(=O)(O)c1ccc2c(Cl)cccc2c1. The molecule has 0 aliphatic carbocycles. The first-order chi connectivity index (χ1) is 32.5. The molecule has 10 rings (SSSR count). The third kappa shape index (κ3) is 10.8. The van der Waals surface area contributed by atoms with Gasteiger partial charge in [-0.05, 0) is 144 Å². The number of H-pyrrole nitrogens is 2. The van der Waals surface area contributed by atoms with Gasteiger partial charge >= 0.3 is 0 Å². The van der Waals surface area contributed by atoms with Gasteiger partial charge in [0.05, 0.1) is 14.7 Å². The molecular formula is C50H44Cl2N6O7S3. The van der Waals surface area contributed by atoms with Gasteiger partial charge in [-0.1, -0.05) is 89.9 Å². The quantitative estimate of drug-likeness (QED) is 0.0610. The van der Waals surface area contributed by atoms with Crippen LogP contribution in [0.1, 0.15) is 11.1 Å². The van der Waals surface area contributed by atoms with E-state index in [9.17, 15) is 25.3 Å². The molecule has 0 aliphatic heterocycles. The molecule has 8 aromatic carbocycles. The van der Waals surface area contributed by atoms with Gasteiger partial charge in [-0.15, -0.1) is 0 Å². The molecule has 9 N–H and O–H groups in total. The van der Waals surface area contributed by atoms with Crippen LogP contribution in [0.15, 0.2) is 179 Å². The fourth-order valence-electron chi connectivity index (χ4n) is 7.74. The maximum atomic E-state index is 12.8. The van der Waals surface area contributed by atoms with E-state index < -0.39 is 30.2 Å². The van der Waals surface area contributed by atoms with E-state index in [0.29, 0.717) is 39.9 Å². The molecule has 13 nitrogen and oxygen atoms in total. The van der Waals surface area contributed by atoms with Crippen molar-refractivity contribution < 1.29 is 29.8 Å². The zero-order chi connectivity index (χ0) is 48.2. The molecule has 2 heterocycles. The molecule has 0 aliphatic rings. The Kier molecular flexibility index (Phi) is 14.1. The van der Waals surface area contributed by atoms with Crippen LogP contribution in [0.25, 0.3) is 54.1 Å². The summed E-state index contributed by atoms with van der Waals surface area (Å²) in [5, 5.41) is 8.01. The van der Waals surface area contributed by atoms with E-state index in [1.54, 1.807) is 78.9 Å². The number of hydrogen-bond acceptors (Lipinski definition) is 8. The predicted octanol–water partition coefficient (Wildman–Crippen LogP) is 10.6. The fourth-order valence-corrected chi connectivity index (χ4v) is 10.9. The molecule has 0 fully saturated rings. The molecule has 0 saturated carbocycles. The second kappa shape index (κ2) is 20.0. The van der Waals surface area contributed by atoms with Gasteiger partial charge in [0.25, 0.3) is 30.2 Å². The molecule has 2 aromatic heterocycles. The van der Waals surface area contributed by atoms with Gasteiger partial charge in [-0.2, -0.15) is 8.42 Å². The first kappa shape index (κ1) is 48.0. The average molecular weight is 1010 g/mol. The van der Waals surface area contributed by atoms with Gasteiger partial charge < -0.3 is 21.4 Å². The summed E-state index contributed by atoms with van der Waals surface area (Å²) >= 11 is 12.1. The van der Waals surface area contributed by atoms with Crippen LogP contribution in [-0.2, 0) is 43.0 Å². The van der Waals surface area contributed by atoms with Crippen LogP contribution in [0.3, 0.4) is 0 Å². The number of nitrogens with one attached hydrogen (secondary N) is 4. The highest BCUT2D eigenvalue weighted by atomic mass is 35.5. The third-order valence-corrected chi connectivity index (χ3v) is 15.4. The van der Waals surface area contributed by atoms with E-state index in [2.05, 4.69) is 19.4 Å². The topological polar surface area (TPSA) is 230 Å². The second-order valence-electron chi connectivity index (χ2n) is 15.7. The summed E-state index contributed by atoms with van der Waals surface area (Å²) in [4.78, 5) is 6.66. The Morgan fingerprint density at radius 1 is 0.456 bits per heavy atom. The van der Waals surface area contributed by atoms with Crippen LogP contribution in [0.4, 0.5) is 11.4 Å². The molecule has 0 amide bonds. The van der Waals surface area contributed by atoms with Crippen molar-refractivity contribution in [1.82, 2.24) is 9.97 Å². The fraction of sp³-hybridized carbons (Fsp3) is 0.0800. The molecule has 348 valence electrons. The van der Waals surface area contributed by atoms with E-state index in [0.717, 1.165) is 72.7 Å². The minimum Gasteiger partial charge on any atom is -0.361 e. The van der Waals surface area contributed by atoms with Crippen molar-refractivity contribution >= 4 is 119 Å². The van der Waals surface area contributed by atoms with E-state index in [1.807, 2.05) is 73.1 Å².